The molecule has 15 heavy (non-hydrogen) atoms. The Morgan fingerprint density at radius 1 is 1.33 bits per heavy atom. The first-order valence-electron chi connectivity index (χ1n) is 5.33. The molecule has 0 fully saturated rings. The fourth-order valence-electron chi connectivity index (χ4n) is 1.56. The highest BCUT2D eigenvalue weighted by atomic mass is 79.9. The summed E-state index contributed by atoms with van der Waals surface area (Å²) >= 11 is 9.59. The van der Waals surface area contributed by atoms with Crippen LogP contribution in [0.4, 0.5) is 0 Å². The zero-order valence-electron chi connectivity index (χ0n) is 9.26. The summed E-state index contributed by atoms with van der Waals surface area (Å²) in [7, 11) is 0. The van der Waals surface area contributed by atoms with Gasteiger partial charge in [0.1, 0.15) is 0 Å². The van der Waals surface area contributed by atoms with Gasteiger partial charge in [0.05, 0.1) is 0 Å². The Hall–Kier alpha value is -0.0500. The van der Waals surface area contributed by atoms with E-state index in [4.69, 9.17) is 11.6 Å². The average molecular weight is 291 g/mol. The lowest BCUT2D eigenvalue weighted by molar-refractivity contribution is 0.280. The fraction of sp³-hybridized carbons (Fsp3) is 0.500. The summed E-state index contributed by atoms with van der Waals surface area (Å²) in [5.74, 6) is 0. The van der Waals surface area contributed by atoms with Crippen molar-refractivity contribution in [2.24, 2.45) is 0 Å². The van der Waals surface area contributed by atoms with E-state index in [1.165, 1.54) is 12.0 Å². The molecular formula is C12H17BrClN. The zero-order valence-corrected chi connectivity index (χ0v) is 11.6. The minimum Gasteiger partial charge on any atom is -0.299 e. The predicted octanol–water partition coefficient (Wildman–Crippen LogP) is 4.33. The summed E-state index contributed by atoms with van der Waals surface area (Å²) in [5.41, 5.74) is 1.20. The number of benzene rings is 1. The maximum absolute atomic E-state index is 6.17. The van der Waals surface area contributed by atoms with Gasteiger partial charge in [-0.25, -0.2) is 0 Å². The topological polar surface area (TPSA) is 3.24 Å². The Balaban J connectivity index is 2.70. The maximum Gasteiger partial charge on any atom is 0.0462 e. The number of nitrogens with zero attached hydrogens (tertiary/aromatic N) is 1. The summed E-state index contributed by atoms with van der Waals surface area (Å²) in [4.78, 5) is 2.40. The Morgan fingerprint density at radius 3 is 2.60 bits per heavy atom. The van der Waals surface area contributed by atoms with Crippen molar-refractivity contribution in [3.05, 3.63) is 33.3 Å². The largest absolute Gasteiger partial charge is 0.299 e. The first-order valence-corrected chi connectivity index (χ1v) is 6.50. The minimum atomic E-state index is 0.846. The normalized spacial score (nSPS) is 11.0. The second kappa shape index (κ2) is 6.51. The van der Waals surface area contributed by atoms with E-state index in [-0.39, 0.29) is 0 Å². The maximum atomic E-state index is 6.17. The molecule has 0 aliphatic rings. The molecule has 1 nitrogen and oxygen atoms in total. The second-order valence-electron chi connectivity index (χ2n) is 3.60. The van der Waals surface area contributed by atoms with Crippen molar-refractivity contribution in [2.45, 2.75) is 26.8 Å². The molecule has 1 aromatic carbocycles. The number of rotatable bonds is 5. The smallest absolute Gasteiger partial charge is 0.0462 e. The fourth-order valence-corrected chi connectivity index (χ4v) is 2.29. The van der Waals surface area contributed by atoms with Crippen molar-refractivity contribution in [3.8, 4) is 0 Å². The molecule has 0 N–H and O–H groups in total. The van der Waals surface area contributed by atoms with E-state index in [0.29, 0.717) is 0 Å². The first-order chi connectivity index (χ1) is 7.17. The van der Waals surface area contributed by atoms with E-state index >= 15 is 0 Å². The van der Waals surface area contributed by atoms with Gasteiger partial charge in [0.15, 0.2) is 0 Å². The molecule has 1 rings (SSSR count). The van der Waals surface area contributed by atoms with E-state index < -0.39 is 0 Å². The summed E-state index contributed by atoms with van der Waals surface area (Å²) in [5, 5.41) is 0.846. The van der Waals surface area contributed by atoms with Crippen molar-refractivity contribution in [1.82, 2.24) is 4.90 Å². The van der Waals surface area contributed by atoms with Crippen molar-refractivity contribution in [1.29, 1.82) is 0 Å². The van der Waals surface area contributed by atoms with Gasteiger partial charge in [0, 0.05) is 16.0 Å². The molecule has 1 aromatic rings. The summed E-state index contributed by atoms with van der Waals surface area (Å²) < 4.78 is 1.04. The predicted molar refractivity (Wildman–Crippen MR) is 70.4 cm³/mol. The number of hydrogen-bond donors (Lipinski definition) is 0. The molecule has 0 atom stereocenters. The lowest BCUT2D eigenvalue weighted by atomic mass is 10.2. The molecule has 0 amide bonds. The Bertz CT molecular complexity index is 314. The molecule has 0 saturated heterocycles. The summed E-state index contributed by atoms with van der Waals surface area (Å²) in [6.45, 7) is 7.52. The van der Waals surface area contributed by atoms with E-state index in [1.807, 2.05) is 12.1 Å². The van der Waals surface area contributed by atoms with E-state index in [1.54, 1.807) is 0 Å². The van der Waals surface area contributed by atoms with E-state index in [2.05, 4.69) is 40.7 Å². The van der Waals surface area contributed by atoms with Crippen molar-refractivity contribution in [2.75, 3.05) is 13.1 Å². The molecule has 0 unspecified atom stereocenters. The van der Waals surface area contributed by atoms with Crippen LogP contribution in [0.5, 0.6) is 0 Å². The molecule has 0 aliphatic heterocycles. The van der Waals surface area contributed by atoms with Gasteiger partial charge in [-0.3, -0.25) is 4.90 Å². The van der Waals surface area contributed by atoms with Gasteiger partial charge >= 0.3 is 0 Å². The monoisotopic (exact) mass is 289 g/mol. The summed E-state index contributed by atoms with van der Waals surface area (Å²) in [6, 6.07) is 6.09. The van der Waals surface area contributed by atoms with Crippen LogP contribution in [0.3, 0.4) is 0 Å². The molecule has 0 bridgehead atoms. The van der Waals surface area contributed by atoms with Crippen LogP contribution in [-0.2, 0) is 6.54 Å². The van der Waals surface area contributed by atoms with Crippen LogP contribution in [-0.4, -0.2) is 18.0 Å². The van der Waals surface area contributed by atoms with Crippen molar-refractivity contribution < 1.29 is 0 Å². The standard InChI is InChI=1S/C12H17BrClN/c1-3-7-15(4-2)9-10-5-6-11(13)8-12(10)14/h5-6,8H,3-4,7,9H2,1-2H3. The first kappa shape index (κ1) is 13.0. The quantitative estimate of drug-likeness (QED) is 0.780. The van der Waals surface area contributed by atoms with Gasteiger partial charge in [-0.15, -0.1) is 0 Å². The Morgan fingerprint density at radius 2 is 2.07 bits per heavy atom. The third kappa shape index (κ3) is 4.13. The highest BCUT2D eigenvalue weighted by Crippen LogP contribution is 2.22. The minimum absolute atomic E-state index is 0.846. The highest BCUT2D eigenvalue weighted by molar-refractivity contribution is 9.10. The van der Waals surface area contributed by atoms with Crippen LogP contribution in [0.25, 0.3) is 0 Å². The lowest BCUT2D eigenvalue weighted by Crippen LogP contribution is -2.23. The van der Waals surface area contributed by atoms with Gasteiger partial charge in [0.25, 0.3) is 0 Å². The third-order valence-corrected chi connectivity index (χ3v) is 3.24. The van der Waals surface area contributed by atoms with E-state index in [0.717, 1.165) is 29.1 Å². The Kier molecular flexibility index (Phi) is 5.65. The molecule has 0 aliphatic carbocycles. The van der Waals surface area contributed by atoms with Crippen LogP contribution in [0.2, 0.25) is 5.02 Å². The molecular weight excluding hydrogens is 273 g/mol. The SMILES string of the molecule is CCCN(CC)Cc1ccc(Br)cc1Cl. The van der Waals surface area contributed by atoms with Crippen LogP contribution >= 0.6 is 27.5 Å². The van der Waals surface area contributed by atoms with Crippen molar-refractivity contribution >= 4 is 27.5 Å². The summed E-state index contributed by atoms with van der Waals surface area (Å²) in [6.07, 6.45) is 1.18. The van der Waals surface area contributed by atoms with Gasteiger partial charge in [-0.2, -0.15) is 0 Å². The molecule has 0 radical (unpaired) electrons. The highest BCUT2D eigenvalue weighted by Gasteiger charge is 2.06. The number of hydrogen-bond acceptors (Lipinski definition) is 1. The van der Waals surface area contributed by atoms with E-state index in [9.17, 15) is 0 Å². The van der Waals surface area contributed by atoms with Crippen LogP contribution in [0, 0.1) is 0 Å². The number of halogens is 2. The van der Waals surface area contributed by atoms with Crippen LogP contribution in [0.1, 0.15) is 25.8 Å². The van der Waals surface area contributed by atoms with Crippen LogP contribution in [0.15, 0.2) is 22.7 Å². The molecule has 3 heteroatoms. The van der Waals surface area contributed by atoms with Gasteiger partial charge in [-0.05, 0) is 37.2 Å². The Labute approximate surface area is 106 Å². The van der Waals surface area contributed by atoms with Gasteiger partial charge in [-0.1, -0.05) is 47.4 Å². The van der Waals surface area contributed by atoms with Gasteiger partial charge < -0.3 is 0 Å². The molecule has 0 aromatic heterocycles. The lowest BCUT2D eigenvalue weighted by Gasteiger charge is -2.20. The molecule has 0 heterocycles. The molecule has 0 saturated carbocycles. The molecule has 84 valence electrons. The zero-order chi connectivity index (χ0) is 11.3. The van der Waals surface area contributed by atoms with Crippen LogP contribution < -0.4 is 0 Å². The molecule has 0 spiro atoms. The third-order valence-electron chi connectivity index (χ3n) is 2.40. The van der Waals surface area contributed by atoms with Gasteiger partial charge in [0.2, 0.25) is 0 Å². The second-order valence-corrected chi connectivity index (χ2v) is 4.93. The van der Waals surface area contributed by atoms with Crippen molar-refractivity contribution in [3.63, 3.8) is 0 Å². The average Bonchev–Trinajstić information content (AvgIpc) is 2.21.